The summed E-state index contributed by atoms with van der Waals surface area (Å²) in [5.41, 5.74) is 5.85. The number of sulfonamides is 1. The van der Waals surface area contributed by atoms with Crippen molar-refractivity contribution in [1.82, 2.24) is 19.8 Å². The van der Waals surface area contributed by atoms with Gasteiger partial charge in [-0.2, -0.15) is 9.61 Å². The van der Waals surface area contributed by atoms with Gasteiger partial charge in [0, 0.05) is 47.6 Å². The van der Waals surface area contributed by atoms with Gasteiger partial charge in [-0.3, -0.25) is 9.52 Å². The van der Waals surface area contributed by atoms with Gasteiger partial charge in [0.25, 0.3) is 0 Å². The summed E-state index contributed by atoms with van der Waals surface area (Å²) in [6, 6.07) is 11.6. The van der Waals surface area contributed by atoms with Crippen LogP contribution in [0.1, 0.15) is 155 Å². The molecule has 55 heavy (non-hydrogen) atoms. The molecule has 0 saturated carbocycles. The number of carbonyl (C=O) groups is 1. The van der Waals surface area contributed by atoms with Crippen LogP contribution >= 0.6 is 0 Å². The molecule has 10 nitrogen and oxygen atoms in total. The smallest absolute Gasteiger partial charge is 0.232 e. The fourth-order valence-electron chi connectivity index (χ4n) is 7.22. The first-order valence-electron chi connectivity index (χ1n) is 20.8. The zero-order valence-corrected chi connectivity index (χ0v) is 35.7. The largest absolute Gasteiger partial charge is 0.372 e. The molecule has 4 aromatic rings. The van der Waals surface area contributed by atoms with E-state index >= 15 is 0 Å². The monoisotopic (exact) mass is 774 g/mol. The molecule has 302 valence electrons. The summed E-state index contributed by atoms with van der Waals surface area (Å²) in [4.78, 5) is 14.4. The molecule has 0 fully saturated rings. The third-order valence-electron chi connectivity index (χ3n) is 10.3. The summed E-state index contributed by atoms with van der Waals surface area (Å²) in [5.74, 6) is 0.181. The predicted molar refractivity (Wildman–Crippen MR) is 230 cm³/mol. The highest BCUT2D eigenvalue weighted by Gasteiger charge is 2.26. The molecule has 2 heterocycles. The molecule has 2 aromatic carbocycles. The Kier molecular flexibility index (Phi) is 16.5. The lowest BCUT2D eigenvalue weighted by Crippen LogP contribution is -2.22. The summed E-state index contributed by atoms with van der Waals surface area (Å²) in [6.45, 7) is 18.3. The summed E-state index contributed by atoms with van der Waals surface area (Å²) in [5, 5.41) is 17.9. The summed E-state index contributed by atoms with van der Waals surface area (Å²) in [6.07, 6.45) is 19.0. The normalized spacial score (nSPS) is 12.5. The molecule has 0 aliphatic carbocycles. The molecule has 4 rings (SSSR count). The van der Waals surface area contributed by atoms with Crippen LogP contribution in [0.3, 0.4) is 0 Å². The highest BCUT2D eigenvalue weighted by atomic mass is 32.2. The van der Waals surface area contributed by atoms with Crippen LogP contribution in [0.25, 0.3) is 23.1 Å². The number of rotatable bonds is 23. The number of unbranched alkanes of at least 4 members (excludes halogenated alkanes) is 13. The van der Waals surface area contributed by atoms with E-state index in [0.29, 0.717) is 34.8 Å². The van der Waals surface area contributed by atoms with Crippen molar-refractivity contribution in [2.45, 2.75) is 151 Å². The average Bonchev–Trinajstić information content (AvgIpc) is 3.70. The lowest BCUT2D eigenvalue weighted by Gasteiger charge is -2.22. The molecule has 0 atom stereocenters. The van der Waals surface area contributed by atoms with E-state index in [2.05, 4.69) is 97.9 Å². The SMILES string of the molecule is CCCCCCCCCCCCCCCCS(=O)(=O)Nc1ccc(NC(C)=O)cc1-c1nnc2/c(=C\c3ccc(N(CC)CC)cc3C)c(C(C)(C)C)nn12. The van der Waals surface area contributed by atoms with Crippen LogP contribution in [-0.2, 0) is 20.2 Å². The number of carbonyl (C=O) groups excluding carboxylic acids is 1. The van der Waals surface area contributed by atoms with E-state index in [4.69, 9.17) is 5.10 Å². The van der Waals surface area contributed by atoms with Crippen molar-refractivity contribution in [3.63, 3.8) is 0 Å². The second-order valence-electron chi connectivity index (χ2n) is 16.1. The number of aromatic nitrogens is 4. The van der Waals surface area contributed by atoms with Crippen molar-refractivity contribution in [2.75, 3.05) is 33.8 Å². The van der Waals surface area contributed by atoms with Crippen LogP contribution in [0.15, 0.2) is 36.4 Å². The second kappa shape index (κ2) is 20.8. The minimum Gasteiger partial charge on any atom is -0.372 e. The maximum absolute atomic E-state index is 13.4. The third kappa shape index (κ3) is 12.8. The lowest BCUT2D eigenvalue weighted by atomic mass is 9.90. The van der Waals surface area contributed by atoms with Crippen molar-refractivity contribution < 1.29 is 13.2 Å². The fourth-order valence-corrected chi connectivity index (χ4v) is 8.42. The van der Waals surface area contributed by atoms with Crippen molar-refractivity contribution in [3.05, 3.63) is 58.4 Å². The van der Waals surface area contributed by atoms with E-state index in [-0.39, 0.29) is 17.1 Å². The maximum atomic E-state index is 13.4. The number of anilines is 3. The Balaban J connectivity index is 1.52. The van der Waals surface area contributed by atoms with Crippen LogP contribution in [0.4, 0.5) is 17.1 Å². The van der Waals surface area contributed by atoms with Crippen molar-refractivity contribution in [1.29, 1.82) is 0 Å². The molecule has 2 N–H and O–H groups in total. The van der Waals surface area contributed by atoms with Crippen molar-refractivity contribution in [2.24, 2.45) is 0 Å². The molecule has 11 heteroatoms. The highest BCUT2D eigenvalue weighted by Crippen LogP contribution is 2.32. The number of amides is 1. The van der Waals surface area contributed by atoms with Crippen molar-refractivity contribution >= 4 is 44.7 Å². The third-order valence-corrected chi connectivity index (χ3v) is 11.7. The quantitative estimate of drug-likeness (QED) is 0.0720. The molecule has 0 bridgehead atoms. The van der Waals surface area contributed by atoms with Gasteiger partial charge < -0.3 is 10.2 Å². The minimum atomic E-state index is -3.66. The van der Waals surface area contributed by atoms with Crippen LogP contribution in [-0.4, -0.2) is 53.0 Å². The van der Waals surface area contributed by atoms with Gasteiger partial charge in [0.15, 0.2) is 11.5 Å². The second-order valence-corrected chi connectivity index (χ2v) is 17.9. The first-order chi connectivity index (χ1) is 26.3. The molecule has 1 amide bonds. The lowest BCUT2D eigenvalue weighted by molar-refractivity contribution is -0.114. The Morgan fingerprint density at radius 2 is 1.42 bits per heavy atom. The summed E-state index contributed by atoms with van der Waals surface area (Å²) < 4.78 is 31.4. The van der Waals surface area contributed by atoms with Crippen LogP contribution in [0.2, 0.25) is 0 Å². The zero-order valence-electron chi connectivity index (χ0n) is 34.9. The first kappa shape index (κ1) is 43.7. The van der Waals surface area contributed by atoms with Gasteiger partial charge in [0.05, 0.1) is 17.1 Å². The molecule has 0 aliphatic rings. The first-order valence-corrected chi connectivity index (χ1v) is 22.5. The fraction of sp³-hybridized carbons (Fsp3) is 0.591. The summed E-state index contributed by atoms with van der Waals surface area (Å²) >= 11 is 0. The zero-order chi connectivity index (χ0) is 40.0. The van der Waals surface area contributed by atoms with E-state index in [9.17, 15) is 13.2 Å². The number of fused-ring (bicyclic) bond motifs is 1. The van der Waals surface area contributed by atoms with Crippen LogP contribution in [0.5, 0.6) is 0 Å². The molecule has 0 spiro atoms. The van der Waals surface area contributed by atoms with E-state index in [0.717, 1.165) is 54.4 Å². The van der Waals surface area contributed by atoms with Gasteiger partial charge in [-0.25, -0.2) is 8.42 Å². The molecule has 0 saturated heterocycles. The van der Waals surface area contributed by atoms with Crippen LogP contribution < -0.4 is 20.2 Å². The topological polar surface area (TPSA) is 122 Å². The Hall–Kier alpha value is -3.99. The standard InChI is InChI=1S/C44H67N7O3S/c1-9-12-13-14-15-16-17-18-19-20-21-22-23-24-29-55(53,54)49-40-28-26-36(45-34(5)52)32-38(40)42-46-47-43-39(41(44(6,7)8)48-51(42)43)31-35-25-27-37(30-33(35)4)50(10-2)11-3/h25-28,30-32,49H,9-24,29H2,1-8H3,(H,45,52)/b39-31-. The number of benzene rings is 2. The molecule has 2 aromatic heterocycles. The maximum Gasteiger partial charge on any atom is 0.232 e. The predicted octanol–water partition coefficient (Wildman–Crippen LogP) is 9.97. The molecule has 0 aliphatic heterocycles. The van der Waals surface area contributed by atoms with Gasteiger partial charge >= 0.3 is 0 Å². The molecule has 0 radical (unpaired) electrons. The van der Waals surface area contributed by atoms with E-state index < -0.39 is 10.0 Å². The number of nitrogens with zero attached hydrogens (tertiary/aromatic N) is 5. The number of nitrogens with one attached hydrogen (secondary N) is 2. The van der Waals surface area contributed by atoms with Gasteiger partial charge in [-0.15, -0.1) is 10.2 Å². The highest BCUT2D eigenvalue weighted by molar-refractivity contribution is 7.92. The van der Waals surface area contributed by atoms with Gasteiger partial charge in [-0.05, 0) is 74.7 Å². The number of aryl methyl sites for hydroxylation is 1. The van der Waals surface area contributed by atoms with Crippen molar-refractivity contribution in [3.8, 4) is 11.4 Å². The molecular formula is C44H67N7O3S. The van der Waals surface area contributed by atoms with Gasteiger partial charge in [-0.1, -0.05) is 117 Å². The minimum absolute atomic E-state index is 0.0292. The van der Waals surface area contributed by atoms with E-state index in [1.54, 1.807) is 22.7 Å². The average molecular weight is 774 g/mol. The van der Waals surface area contributed by atoms with Gasteiger partial charge in [0.1, 0.15) is 0 Å². The van der Waals surface area contributed by atoms with E-state index in [1.807, 2.05) is 0 Å². The van der Waals surface area contributed by atoms with E-state index in [1.165, 1.54) is 76.8 Å². The Morgan fingerprint density at radius 3 is 1.96 bits per heavy atom. The Bertz CT molecular complexity index is 2000. The Morgan fingerprint density at radius 1 is 0.818 bits per heavy atom. The summed E-state index contributed by atoms with van der Waals surface area (Å²) in [7, 11) is -3.66. The number of hydrogen-bond acceptors (Lipinski definition) is 7. The van der Waals surface area contributed by atoms with Crippen LogP contribution in [0, 0.1) is 6.92 Å². The number of hydrogen-bond donors (Lipinski definition) is 2. The molecule has 0 unspecified atom stereocenters. The molecular weight excluding hydrogens is 707 g/mol. The van der Waals surface area contributed by atoms with Gasteiger partial charge in [0.2, 0.25) is 15.9 Å². The Labute approximate surface area is 331 Å².